The van der Waals surface area contributed by atoms with E-state index in [9.17, 15) is 14.4 Å². The van der Waals surface area contributed by atoms with E-state index < -0.39 is 23.3 Å². The first-order chi connectivity index (χ1) is 16.5. The standard InChI is InChI=1S/C18H17O5.C5H10.3CO.W/c1-22-16(20)18(17(21)23-2)9-12-8-14(19)15(13(12)10-18)11-6-4-3-5-7-11;1-2-4-5-3-1;3*1-2;/h3-7,13,15H,9-10H2,1-2H3;1-5H2;;;;/q-1;;;;;+2/t13-,15+;;;;;/m1...../s1. The molecule has 0 aliphatic heterocycles. The van der Waals surface area contributed by atoms with E-state index in [-0.39, 0.29) is 45.6 Å². The minimum absolute atomic E-state index is 0. The van der Waals surface area contributed by atoms with Crippen LogP contribution < -0.4 is 0 Å². The van der Waals surface area contributed by atoms with Gasteiger partial charge in [0.1, 0.15) is 0 Å². The number of ketones is 1. The number of Topliss-reactive ketones (excluding diaryl/α,β-unsaturated/α-hetero) is 1. The van der Waals surface area contributed by atoms with Crippen LogP contribution in [0, 0.1) is 37.4 Å². The number of benzene rings is 1. The van der Waals surface area contributed by atoms with Gasteiger partial charge in [-0.15, -0.1) is 0 Å². The van der Waals surface area contributed by atoms with Crippen molar-refractivity contribution in [1.82, 2.24) is 0 Å². The van der Waals surface area contributed by atoms with Gasteiger partial charge in [0.15, 0.2) is 5.41 Å². The summed E-state index contributed by atoms with van der Waals surface area (Å²) in [6.45, 7) is 13.5. The monoisotopic (exact) mass is 651 g/mol. The molecule has 35 heavy (non-hydrogen) atoms. The van der Waals surface area contributed by atoms with Crippen molar-refractivity contribution in [3.8, 4) is 0 Å². The first kappa shape index (κ1) is 34.6. The Morgan fingerprint density at radius 3 is 1.71 bits per heavy atom. The molecule has 0 heterocycles. The Bertz CT molecular complexity index is 859. The van der Waals surface area contributed by atoms with Gasteiger partial charge < -0.3 is 20.3 Å². The molecule has 3 aliphatic carbocycles. The van der Waals surface area contributed by atoms with Gasteiger partial charge in [0.05, 0.1) is 14.2 Å². The Balaban J connectivity index is 0. The maximum absolute atomic E-state index is 12.3. The second-order valence-electron chi connectivity index (χ2n) is 7.72. The molecule has 1 aromatic rings. The van der Waals surface area contributed by atoms with Crippen LogP contribution >= 0.6 is 0 Å². The Kier molecular flexibility index (Phi) is 18.6. The number of hydrogen-bond acceptors (Lipinski definition) is 5. The van der Waals surface area contributed by atoms with Crippen LogP contribution in [0.1, 0.15) is 56.4 Å². The fourth-order valence-corrected chi connectivity index (χ4v) is 4.61. The topological polar surface area (TPSA) is 129 Å². The molecular formula is C26H27O8W+. The number of fused-ring (bicyclic) bond motifs is 1. The summed E-state index contributed by atoms with van der Waals surface area (Å²) in [5.74, 6) is -1.95. The third-order valence-electron chi connectivity index (χ3n) is 6.04. The van der Waals surface area contributed by atoms with Gasteiger partial charge in [-0.2, -0.15) is 0 Å². The van der Waals surface area contributed by atoms with Crippen LogP contribution in [0.15, 0.2) is 35.9 Å². The summed E-state index contributed by atoms with van der Waals surface area (Å²) < 4.78 is 32.2. The molecule has 2 atom stereocenters. The Morgan fingerprint density at radius 1 is 0.886 bits per heavy atom. The molecule has 3 aliphatic rings. The first-order valence-corrected chi connectivity index (χ1v) is 10.5. The third kappa shape index (κ3) is 8.58. The van der Waals surface area contributed by atoms with Crippen LogP contribution in [-0.2, 0) is 58.9 Å². The fraction of sp³-hybridized carbons (Fsp3) is 0.462. The second kappa shape index (κ2) is 18.8. The van der Waals surface area contributed by atoms with Crippen molar-refractivity contribution in [2.45, 2.75) is 50.9 Å². The number of allylic oxidation sites excluding steroid dienone is 2. The van der Waals surface area contributed by atoms with E-state index in [0.29, 0.717) is 5.57 Å². The fourth-order valence-electron chi connectivity index (χ4n) is 4.61. The van der Waals surface area contributed by atoms with Gasteiger partial charge in [-0.1, -0.05) is 62.4 Å². The van der Waals surface area contributed by atoms with Crippen LogP contribution in [0.2, 0.25) is 0 Å². The molecular weight excluding hydrogens is 624 g/mol. The zero-order valence-electron chi connectivity index (χ0n) is 19.7. The molecule has 8 nitrogen and oxygen atoms in total. The molecule has 9 heteroatoms. The molecule has 4 rings (SSSR count). The molecule has 1 aromatic carbocycles. The maximum atomic E-state index is 12.3. The number of hydrogen-bond donors (Lipinski definition) is 0. The predicted molar refractivity (Wildman–Crippen MR) is 115 cm³/mol. The molecule has 0 unspecified atom stereocenters. The summed E-state index contributed by atoms with van der Waals surface area (Å²) >= 11 is 0. The quantitative estimate of drug-likeness (QED) is 0.213. The van der Waals surface area contributed by atoms with Gasteiger partial charge in [-0.05, 0) is 30.1 Å². The predicted octanol–water partition coefficient (Wildman–Crippen LogP) is 3.66. The second-order valence-corrected chi connectivity index (χ2v) is 7.72. The van der Waals surface area contributed by atoms with E-state index in [1.165, 1.54) is 46.3 Å². The Hall–Kier alpha value is -2.52. The molecule has 0 spiro atoms. The van der Waals surface area contributed by atoms with Gasteiger partial charge in [-0.25, -0.2) is 5.57 Å². The number of rotatable bonds is 3. The van der Waals surface area contributed by atoms with E-state index in [1.54, 1.807) is 0 Å². The van der Waals surface area contributed by atoms with Crippen molar-refractivity contribution in [3.63, 3.8) is 0 Å². The summed E-state index contributed by atoms with van der Waals surface area (Å²) in [5.41, 5.74) is 0.208. The zero-order chi connectivity index (χ0) is 26.1. The van der Waals surface area contributed by atoms with Crippen molar-refractivity contribution in [1.29, 1.82) is 0 Å². The van der Waals surface area contributed by atoms with Crippen LogP contribution in [0.5, 0.6) is 0 Å². The van der Waals surface area contributed by atoms with E-state index in [0.717, 1.165) is 5.56 Å². The number of ether oxygens (including phenoxy) is 2. The van der Waals surface area contributed by atoms with Crippen molar-refractivity contribution >= 4 is 17.7 Å². The largest absolute Gasteiger partial charge is 2.00 e. The van der Waals surface area contributed by atoms with Crippen LogP contribution in [0.4, 0.5) is 0 Å². The van der Waals surface area contributed by atoms with Crippen molar-refractivity contribution in [2.24, 2.45) is 11.3 Å². The van der Waals surface area contributed by atoms with Crippen molar-refractivity contribution in [2.75, 3.05) is 14.2 Å². The summed E-state index contributed by atoms with van der Waals surface area (Å²) in [6, 6.07) is 9.36. The summed E-state index contributed by atoms with van der Waals surface area (Å²) in [6.07, 6.45) is 10.7. The summed E-state index contributed by atoms with van der Waals surface area (Å²) in [4.78, 5) is 36.8. The summed E-state index contributed by atoms with van der Waals surface area (Å²) in [7, 11) is 2.50. The van der Waals surface area contributed by atoms with E-state index in [4.69, 9.17) is 23.4 Å². The van der Waals surface area contributed by atoms with Gasteiger partial charge in [0.25, 0.3) is 0 Å². The molecule has 0 bridgehead atoms. The molecule has 0 saturated heterocycles. The number of carbonyl (C=O) groups is 3. The first-order valence-electron chi connectivity index (χ1n) is 10.5. The average Bonchev–Trinajstić information content (AvgIpc) is 3.66. The van der Waals surface area contributed by atoms with E-state index in [1.807, 2.05) is 30.3 Å². The van der Waals surface area contributed by atoms with E-state index in [2.05, 4.69) is 26.0 Å². The minimum atomic E-state index is -1.37. The number of esters is 2. The van der Waals surface area contributed by atoms with Crippen molar-refractivity contribution < 1.29 is 58.9 Å². The molecule has 0 amide bonds. The molecule has 184 valence electrons. The molecule has 0 radical (unpaired) electrons. The van der Waals surface area contributed by atoms with Gasteiger partial charge >= 0.3 is 66.9 Å². The van der Waals surface area contributed by atoms with Gasteiger partial charge in [-0.3, -0.25) is 9.59 Å². The normalized spacial score (nSPS) is 19.9. The van der Waals surface area contributed by atoms with Gasteiger partial charge in [0.2, 0.25) is 0 Å². The minimum Gasteiger partial charge on any atom is 2.00 e. The Labute approximate surface area is 220 Å². The van der Waals surface area contributed by atoms with Crippen LogP contribution in [-0.4, -0.2) is 31.9 Å². The zero-order valence-corrected chi connectivity index (χ0v) is 22.6. The van der Waals surface area contributed by atoms with Crippen molar-refractivity contribution in [3.05, 3.63) is 67.5 Å². The maximum Gasteiger partial charge on any atom is 2.00 e. The third-order valence-corrected chi connectivity index (χ3v) is 6.04. The van der Waals surface area contributed by atoms with Crippen LogP contribution in [0.25, 0.3) is 0 Å². The Morgan fingerprint density at radius 2 is 1.31 bits per heavy atom. The van der Waals surface area contributed by atoms with Crippen LogP contribution in [0.3, 0.4) is 0 Å². The smallest absolute Gasteiger partial charge is 2.00 e. The van der Waals surface area contributed by atoms with Gasteiger partial charge in [0, 0.05) is 5.92 Å². The molecule has 0 aromatic heterocycles. The number of carbonyl (C=O) groups excluding carboxylic acids is 3. The molecule has 2 saturated carbocycles. The summed E-state index contributed by atoms with van der Waals surface area (Å²) in [5, 5.41) is 0. The van der Waals surface area contributed by atoms with E-state index >= 15 is 0 Å². The SMILES string of the molecule is C1CCCC1.COC(=O)C1(C(=O)OC)CC2=[C-]C(=O)[C@@H](c3ccccc3)[C@@H]2C1.[C-]#[O+].[C-]#[O+].[C-]#[O+].[W+2]. The average molecular weight is 651 g/mol. The molecule has 0 N–H and O–H groups in total. The number of methoxy groups -OCH3 is 2. The molecule has 2 fully saturated rings.